The van der Waals surface area contributed by atoms with Gasteiger partial charge in [0.25, 0.3) is 0 Å². The van der Waals surface area contributed by atoms with Gasteiger partial charge in [0.05, 0.1) is 6.42 Å². The molecule has 0 bridgehead atoms. The Kier molecular flexibility index (Phi) is 2.27. The van der Waals surface area contributed by atoms with E-state index in [4.69, 9.17) is 5.73 Å². The number of nitrogens with two attached hydrogens (primary N) is 1. The Hall–Kier alpha value is -1.35. The third-order valence-electron chi connectivity index (χ3n) is 3.13. The van der Waals surface area contributed by atoms with Crippen molar-refractivity contribution in [3.8, 4) is 0 Å². The summed E-state index contributed by atoms with van der Waals surface area (Å²) in [6.07, 6.45) is 0.482. The van der Waals surface area contributed by atoms with Crippen molar-refractivity contribution in [2.45, 2.75) is 33.2 Å². The van der Waals surface area contributed by atoms with Gasteiger partial charge in [0.15, 0.2) is 0 Å². The van der Waals surface area contributed by atoms with E-state index in [-0.39, 0.29) is 11.9 Å². The maximum atomic E-state index is 11.3. The summed E-state index contributed by atoms with van der Waals surface area (Å²) in [5.41, 5.74) is 11.4. The van der Waals surface area contributed by atoms with Crippen LogP contribution in [0.15, 0.2) is 6.07 Å². The highest BCUT2D eigenvalue weighted by molar-refractivity contribution is 6.00. The van der Waals surface area contributed by atoms with E-state index in [0.717, 1.165) is 22.4 Å². The summed E-state index contributed by atoms with van der Waals surface area (Å²) in [5, 5.41) is 2.89. The van der Waals surface area contributed by atoms with Crippen molar-refractivity contribution in [3.05, 3.63) is 28.3 Å². The van der Waals surface area contributed by atoms with Crippen molar-refractivity contribution in [1.82, 2.24) is 0 Å². The molecule has 1 aliphatic rings. The van der Waals surface area contributed by atoms with Crippen LogP contribution in [0.1, 0.15) is 35.2 Å². The lowest BCUT2D eigenvalue weighted by atomic mass is 9.94. The molecule has 1 unspecified atom stereocenters. The molecule has 3 nitrogen and oxygen atoms in total. The highest BCUT2D eigenvalue weighted by Gasteiger charge is 2.22. The van der Waals surface area contributed by atoms with E-state index in [9.17, 15) is 4.79 Å². The molecule has 0 fully saturated rings. The van der Waals surface area contributed by atoms with E-state index in [1.807, 2.05) is 13.8 Å². The van der Waals surface area contributed by atoms with Crippen LogP contribution in [0.5, 0.6) is 0 Å². The Morgan fingerprint density at radius 3 is 2.67 bits per heavy atom. The van der Waals surface area contributed by atoms with Gasteiger partial charge in [-0.2, -0.15) is 0 Å². The van der Waals surface area contributed by atoms with Crippen LogP contribution in [0, 0.1) is 13.8 Å². The number of benzene rings is 1. The SMILES string of the molecule is Cc1c(C(C)N)cc2c(c1C)NC(=O)C2. The summed E-state index contributed by atoms with van der Waals surface area (Å²) in [5.74, 6) is 0.0781. The summed E-state index contributed by atoms with van der Waals surface area (Å²) in [6, 6.07) is 2.07. The molecule has 0 radical (unpaired) electrons. The second-order valence-electron chi connectivity index (χ2n) is 4.26. The lowest BCUT2D eigenvalue weighted by molar-refractivity contribution is -0.115. The van der Waals surface area contributed by atoms with Crippen molar-refractivity contribution in [3.63, 3.8) is 0 Å². The molecule has 0 saturated carbocycles. The van der Waals surface area contributed by atoms with Gasteiger partial charge >= 0.3 is 0 Å². The van der Waals surface area contributed by atoms with Gasteiger partial charge < -0.3 is 11.1 Å². The first-order valence-electron chi connectivity index (χ1n) is 5.19. The molecule has 1 aliphatic heterocycles. The molecule has 0 saturated heterocycles. The van der Waals surface area contributed by atoms with E-state index < -0.39 is 0 Å². The zero-order valence-electron chi connectivity index (χ0n) is 9.35. The molecule has 2 rings (SSSR count). The second-order valence-corrected chi connectivity index (χ2v) is 4.26. The van der Waals surface area contributed by atoms with Gasteiger partial charge in [-0.05, 0) is 43.0 Å². The molecule has 3 N–H and O–H groups in total. The summed E-state index contributed by atoms with van der Waals surface area (Å²) in [4.78, 5) is 11.3. The Bertz CT molecular complexity index is 436. The zero-order chi connectivity index (χ0) is 11.2. The summed E-state index contributed by atoms with van der Waals surface area (Å²) >= 11 is 0. The third kappa shape index (κ3) is 1.53. The number of carbonyl (C=O) groups is 1. The number of nitrogens with one attached hydrogen (secondary N) is 1. The molecule has 1 aromatic rings. The first-order chi connectivity index (χ1) is 7.00. The van der Waals surface area contributed by atoms with E-state index in [1.165, 1.54) is 5.56 Å². The average Bonchev–Trinajstić information content (AvgIpc) is 2.52. The maximum Gasteiger partial charge on any atom is 0.228 e. The third-order valence-corrected chi connectivity index (χ3v) is 3.13. The fraction of sp³-hybridized carbons (Fsp3) is 0.417. The van der Waals surface area contributed by atoms with Crippen LogP contribution in [0.3, 0.4) is 0 Å². The van der Waals surface area contributed by atoms with Crippen LogP contribution in [-0.2, 0) is 11.2 Å². The van der Waals surface area contributed by atoms with E-state index in [1.54, 1.807) is 0 Å². The molecular weight excluding hydrogens is 188 g/mol. The smallest absolute Gasteiger partial charge is 0.228 e. The predicted molar refractivity (Wildman–Crippen MR) is 60.9 cm³/mol. The van der Waals surface area contributed by atoms with Crippen LogP contribution < -0.4 is 11.1 Å². The number of anilines is 1. The van der Waals surface area contributed by atoms with Gasteiger partial charge in [-0.25, -0.2) is 0 Å². The Morgan fingerprint density at radius 1 is 1.40 bits per heavy atom. The number of hydrogen-bond acceptors (Lipinski definition) is 2. The number of fused-ring (bicyclic) bond motifs is 1. The minimum absolute atomic E-state index is 0.0182. The monoisotopic (exact) mass is 204 g/mol. The fourth-order valence-corrected chi connectivity index (χ4v) is 2.16. The fourth-order valence-electron chi connectivity index (χ4n) is 2.16. The standard InChI is InChI=1S/C12H16N2O/c1-6-7(2)12-9(5-11(15)14-12)4-10(6)8(3)13/h4,8H,5,13H2,1-3H3,(H,14,15). The predicted octanol–water partition coefficient (Wildman–Crippen LogP) is 1.82. The van der Waals surface area contributed by atoms with Gasteiger partial charge in [-0.1, -0.05) is 6.07 Å². The molecular formula is C12H16N2O. The van der Waals surface area contributed by atoms with Crippen LogP contribution in [0.2, 0.25) is 0 Å². The molecule has 0 aromatic heterocycles. The highest BCUT2D eigenvalue weighted by Crippen LogP contribution is 2.33. The number of rotatable bonds is 1. The van der Waals surface area contributed by atoms with Crippen LogP contribution in [0.4, 0.5) is 5.69 Å². The molecule has 0 aliphatic carbocycles. The number of carbonyl (C=O) groups excluding carboxylic acids is 1. The van der Waals surface area contributed by atoms with E-state index >= 15 is 0 Å². The van der Waals surface area contributed by atoms with Gasteiger partial charge in [0, 0.05) is 11.7 Å². The highest BCUT2D eigenvalue weighted by atomic mass is 16.1. The van der Waals surface area contributed by atoms with Gasteiger partial charge in [-0.3, -0.25) is 4.79 Å². The summed E-state index contributed by atoms with van der Waals surface area (Å²) in [7, 11) is 0. The van der Waals surface area contributed by atoms with Crippen LogP contribution in [0.25, 0.3) is 0 Å². The lowest BCUT2D eigenvalue weighted by Gasteiger charge is -2.15. The van der Waals surface area contributed by atoms with Crippen LogP contribution >= 0.6 is 0 Å². The first kappa shape index (κ1) is 10.2. The molecule has 1 aromatic carbocycles. The zero-order valence-corrected chi connectivity index (χ0v) is 9.35. The Balaban J connectivity index is 2.62. The quantitative estimate of drug-likeness (QED) is 0.733. The van der Waals surface area contributed by atoms with E-state index in [0.29, 0.717) is 6.42 Å². The molecule has 1 heterocycles. The average molecular weight is 204 g/mol. The summed E-state index contributed by atoms with van der Waals surface area (Å²) in [6.45, 7) is 6.06. The molecule has 0 spiro atoms. The molecule has 15 heavy (non-hydrogen) atoms. The lowest BCUT2D eigenvalue weighted by Crippen LogP contribution is -2.09. The van der Waals surface area contributed by atoms with Crippen molar-refractivity contribution < 1.29 is 4.79 Å². The molecule has 1 amide bonds. The minimum atomic E-state index is 0.0182. The Morgan fingerprint density at radius 2 is 2.07 bits per heavy atom. The van der Waals surface area contributed by atoms with E-state index in [2.05, 4.69) is 18.3 Å². The largest absolute Gasteiger partial charge is 0.325 e. The normalized spacial score (nSPS) is 16.1. The topological polar surface area (TPSA) is 55.1 Å². The van der Waals surface area contributed by atoms with Crippen LogP contribution in [-0.4, -0.2) is 5.91 Å². The van der Waals surface area contributed by atoms with Gasteiger partial charge in [0.2, 0.25) is 5.91 Å². The first-order valence-corrected chi connectivity index (χ1v) is 5.19. The number of amides is 1. The number of hydrogen-bond donors (Lipinski definition) is 2. The van der Waals surface area contributed by atoms with Crippen molar-refractivity contribution in [2.75, 3.05) is 5.32 Å². The molecule has 3 heteroatoms. The second kappa shape index (κ2) is 3.35. The maximum absolute atomic E-state index is 11.3. The van der Waals surface area contributed by atoms with Crippen molar-refractivity contribution in [1.29, 1.82) is 0 Å². The van der Waals surface area contributed by atoms with Crippen molar-refractivity contribution in [2.24, 2.45) is 5.73 Å². The minimum Gasteiger partial charge on any atom is -0.325 e. The van der Waals surface area contributed by atoms with Gasteiger partial charge in [0.1, 0.15) is 0 Å². The Labute approximate surface area is 89.7 Å². The van der Waals surface area contributed by atoms with Crippen molar-refractivity contribution >= 4 is 11.6 Å². The summed E-state index contributed by atoms with van der Waals surface area (Å²) < 4.78 is 0. The molecule has 1 atom stereocenters. The van der Waals surface area contributed by atoms with Gasteiger partial charge in [-0.15, -0.1) is 0 Å². The molecule has 80 valence electrons.